The molecule has 0 aliphatic heterocycles. The van der Waals surface area contributed by atoms with Crippen LogP contribution in [0.5, 0.6) is 0 Å². The van der Waals surface area contributed by atoms with Gasteiger partial charge in [0.05, 0.1) is 5.54 Å². The number of oxime groups is 1. The second-order valence-electron chi connectivity index (χ2n) is 5.09. The zero-order valence-corrected chi connectivity index (χ0v) is 12.4. The molecule has 0 bridgehead atoms. The van der Waals surface area contributed by atoms with Crippen LogP contribution in [-0.4, -0.2) is 21.9 Å². The average molecular weight is 284 g/mol. The van der Waals surface area contributed by atoms with Crippen LogP contribution >= 0.6 is 11.3 Å². The zero-order chi connectivity index (χ0) is 14.7. The minimum atomic E-state index is -1.04. The maximum Gasteiger partial charge on any atom is 0.234 e. The van der Waals surface area contributed by atoms with Gasteiger partial charge in [-0.05, 0) is 27.2 Å². The molecule has 0 aliphatic carbocycles. The Bertz CT molecular complexity index is 470. The highest BCUT2D eigenvalue weighted by molar-refractivity contribution is 7.09. The molecular formula is C12H20N4O2S. The minimum Gasteiger partial charge on any atom is -0.409 e. The van der Waals surface area contributed by atoms with Gasteiger partial charge in [0.15, 0.2) is 5.84 Å². The van der Waals surface area contributed by atoms with Crippen LogP contribution in [0.1, 0.15) is 39.1 Å². The Labute approximate surface area is 116 Å². The Hall–Kier alpha value is -1.63. The Kier molecular flexibility index (Phi) is 4.52. The lowest BCUT2D eigenvalue weighted by Crippen LogP contribution is -2.52. The van der Waals surface area contributed by atoms with Gasteiger partial charge in [-0.3, -0.25) is 4.79 Å². The predicted octanol–water partition coefficient (Wildman–Crippen LogP) is 1.66. The van der Waals surface area contributed by atoms with Gasteiger partial charge >= 0.3 is 0 Å². The molecule has 1 aromatic heterocycles. The molecule has 0 fully saturated rings. The molecule has 0 aromatic carbocycles. The van der Waals surface area contributed by atoms with Crippen molar-refractivity contribution < 1.29 is 10.0 Å². The third kappa shape index (κ3) is 3.04. The van der Waals surface area contributed by atoms with Crippen molar-refractivity contribution in [2.75, 3.05) is 0 Å². The first-order valence-electron chi connectivity index (χ1n) is 5.98. The van der Waals surface area contributed by atoms with Gasteiger partial charge in [-0.2, -0.15) is 0 Å². The molecule has 1 aromatic rings. The fraction of sp³-hybridized carbons (Fsp3) is 0.583. The number of amidine groups is 1. The van der Waals surface area contributed by atoms with Crippen molar-refractivity contribution in [1.29, 1.82) is 0 Å². The van der Waals surface area contributed by atoms with Crippen LogP contribution in [0.2, 0.25) is 0 Å². The number of nitrogens with one attached hydrogen (secondary N) is 1. The molecule has 7 heteroatoms. The van der Waals surface area contributed by atoms with Crippen molar-refractivity contribution in [2.24, 2.45) is 16.3 Å². The molecule has 0 spiro atoms. The number of amides is 1. The second kappa shape index (κ2) is 5.56. The SMILES string of the molecule is CCC(C)(C(=O)NC(C)(C)c1nccs1)/C(N)=N/O. The van der Waals surface area contributed by atoms with Crippen molar-refractivity contribution in [3.05, 3.63) is 16.6 Å². The monoisotopic (exact) mass is 284 g/mol. The molecule has 106 valence electrons. The Morgan fingerprint density at radius 2 is 2.21 bits per heavy atom. The van der Waals surface area contributed by atoms with Crippen molar-refractivity contribution in [3.8, 4) is 0 Å². The number of nitrogens with two attached hydrogens (primary N) is 1. The molecule has 1 unspecified atom stereocenters. The van der Waals surface area contributed by atoms with E-state index in [1.165, 1.54) is 11.3 Å². The van der Waals surface area contributed by atoms with Crippen LogP contribution in [0.3, 0.4) is 0 Å². The summed E-state index contributed by atoms with van der Waals surface area (Å²) in [6.45, 7) is 7.20. The number of carbonyl (C=O) groups excluding carboxylic acids is 1. The third-order valence-electron chi connectivity index (χ3n) is 3.27. The van der Waals surface area contributed by atoms with E-state index in [1.807, 2.05) is 26.2 Å². The lowest BCUT2D eigenvalue weighted by molar-refractivity contribution is -0.129. The molecule has 1 atom stereocenters. The maximum atomic E-state index is 12.4. The molecule has 4 N–H and O–H groups in total. The zero-order valence-electron chi connectivity index (χ0n) is 11.6. The van der Waals surface area contributed by atoms with Gasteiger partial charge in [0, 0.05) is 11.6 Å². The van der Waals surface area contributed by atoms with Gasteiger partial charge in [-0.25, -0.2) is 4.98 Å². The smallest absolute Gasteiger partial charge is 0.234 e. The summed E-state index contributed by atoms with van der Waals surface area (Å²) in [6.07, 6.45) is 2.12. The minimum absolute atomic E-state index is 0.0950. The number of hydrogen-bond donors (Lipinski definition) is 3. The highest BCUT2D eigenvalue weighted by Gasteiger charge is 2.39. The second-order valence-corrected chi connectivity index (χ2v) is 5.98. The standard InChI is InChI=1S/C12H20N4O2S/c1-5-12(4,8(13)16-18)9(17)15-11(2,3)10-14-6-7-19-10/h6-7,18H,5H2,1-4H3,(H2,13,16)(H,15,17). The molecule has 1 amide bonds. The number of aromatic nitrogens is 1. The van der Waals surface area contributed by atoms with Crippen molar-refractivity contribution in [1.82, 2.24) is 10.3 Å². The maximum absolute atomic E-state index is 12.4. The molecular weight excluding hydrogens is 264 g/mol. The van der Waals surface area contributed by atoms with E-state index in [9.17, 15) is 4.79 Å². The molecule has 0 saturated carbocycles. The van der Waals surface area contributed by atoms with E-state index in [0.29, 0.717) is 6.42 Å². The van der Waals surface area contributed by atoms with Gasteiger partial charge < -0.3 is 16.3 Å². The number of carbonyl (C=O) groups is 1. The van der Waals surface area contributed by atoms with Gasteiger partial charge in [0.25, 0.3) is 0 Å². The molecule has 0 radical (unpaired) electrons. The summed E-state index contributed by atoms with van der Waals surface area (Å²) < 4.78 is 0. The topological polar surface area (TPSA) is 101 Å². The highest BCUT2D eigenvalue weighted by atomic mass is 32.1. The first-order valence-corrected chi connectivity index (χ1v) is 6.86. The first-order chi connectivity index (χ1) is 8.78. The van der Waals surface area contributed by atoms with Crippen molar-refractivity contribution in [3.63, 3.8) is 0 Å². The largest absolute Gasteiger partial charge is 0.409 e. The van der Waals surface area contributed by atoms with Gasteiger partial charge in [0.1, 0.15) is 10.4 Å². The third-order valence-corrected chi connectivity index (χ3v) is 4.37. The first kappa shape index (κ1) is 15.4. The molecule has 1 heterocycles. The molecule has 0 saturated heterocycles. The Morgan fingerprint density at radius 1 is 1.58 bits per heavy atom. The Morgan fingerprint density at radius 3 is 2.63 bits per heavy atom. The number of rotatable bonds is 5. The fourth-order valence-electron chi connectivity index (χ4n) is 1.58. The van der Waals surface area contributed by atoms with Crippen molar-refractivity contribution in [2.45, 2.75) is 39.7 Å². The van der Waals surface area contributed by atoms with Gasteiger partial charge in [-0.15, -0.1) is 11.3 Å². The normalized spacial score (nSPS) is 15.9. The van der Waals surface area contributed by atoms with Gasteiger partial charge in [0.2, 0.25) is 5.91 Å². The quantitative estimate of drug-likeness (QED) is 0.331. The molecule has 19 heavy (non-hydrogen) atoms. The Balaban J connectivity index is 2.96. The van der Waals surface area contributed by atoms with E-state index in [2.05, 4.69) is 15.5 Å². The summed E-state index contributed by atoms with van der Waals surface area (Å²) in [4.78, 5) is 16.6. The van der Waals surface area contributed by atoms with Crippen LogP contribution < -0.4 is 11.1 Å². The van der Waals surface area contributed by atoms with Gasteiger partial charge in [-0.1, -0.05) is 12.1 Å². The number of nitrogens with zero attached hydrogens (tertiary/aromatic N) is 2. The van der Waals surface area contributed by atoms with E-state index in [4.69, 9.17) is 10.9 Å². The number of thiazole rings is 1. The number of hydrogen-bond acceptors (Lipinski definition) is 5. The van der Waals surface area contributed by atoms with E-state index < -0.39 is 11.0 Å². The molecule has 6 nitrogen and oxygen atoms in total. The van der Waals surface area contributed by atoms with Crippen LogP contribution in [0, 0.1) is 5.41 Å². The van der Waals surface area contributed by atoms with Crippen LogP contribution in [0.25, 0.3) is 0 Å². The van der Waals surface area contributed by atoms with E-state index in [-0.39, 0.29) is 11.7 Å². The summed E-state index contributed by atoms with van der Waals surface area (Å²) in [5, 5.41) is 17.3. The predicted molar refractivity (Wildman–Crippen MR) is 75.1 cm³/mol. The lowest BCUT2D eigenvalue weighted by atomic mass is 9.84. The van der Waals surface area contributed by atoms with Crippen molar-refractivity contribution >= 4 is 23.1 Å². The van der Waals surface area contributed by atoms with E-state index in [1.54, 1.807) is 13.1 Å². The van der Waals surface area contributed by atoms with Crippen LogP contribution in [0.4, 0.5) is 0 Å². The summed E-state index contributed by atoms with van der Waals surface area (Å²) in [5.41, 5.74) is 3.99. The summed E-state index contributed by atoms with van der Waals surface area (Å²) in [5.74, 6) is -0.382. The van der Waals surface area contributed by atoms with Crippen LogP contribution in [0.15, 0.2) is 16.7 Å². The summed E-state index contributed by atoms with van der Waals surface area (Å²) in [6, 6.07) is 0. The summed E-state index contributed by atoms with van der Waals surface area (Å²) >= 11 is 1.47. The fourth-order valence-corrected chi connectivity index (χ4v) is 2.29. The summed E-state index contributed by atoms with van der Waals surface area (Å²) in [7, 11) is 0. The molecule has 0 aliphatic rings. The van der Waals surface area contributed by atoms with E-state index >= 15 is 0 Å². The van der Waals surface area contributed by atoms with Crippen LogP contribution in [-0.2, 0) is 10.3 Å². The average Bonchev–Trinajstić information content (AvgIpc) is 2.90. The van der Waals surface area contributed by atoms with E-state index in [0.717, 1.165) is 5.01 Å². The molecule has 1 rings (SSSR count). The lowest BCUT2D eigenvalue weighted by Gasteiger charge is -2.31. The highest BCUT2D eigenvalue weighted by Crippen LogP contribution is 2.27.